The van der Waals surface area contributed by atoms with Crippen molar-refractivity contribution in [2.45, 2.75) is 20.0 Å². The minimum atomic E-state index is -1.02. The van der Waals surface area contributed by atoms with E-state index < -0.39 is 24.5 Å². The van der Waals surface area contributed by atoms with E-state index in [0.717, 1.165) is 0 Å². The fourth-order valence-corrected chi connectivity index (χ4v) is 3.79. The van der Waals surface area contributed by atoms with Crippen molar-refractivity contribution in [3.05, 3.63) is 70.8 Å². The monoisotopic (exact) mass is 488 g/mol. The summed E-state index contributed by atoms with van der Waals surface area (Å²) in [5.41, 5.74) is 4.23. The zero-order valence-corrected chi connectivity index (χ0v) is 19.7. The number of carbonyl (C=O) groups is 1. The number of benzene rings is 1. The summed E-state index contributed by atoms with van der Waals surface area (Å²) in [4.78, 5) is 25.4. The number of aliphatic hydroxyl groups is 2. The molecule has 2 N–H and O–H groups in total. The molecule has 1 aromatic carbocycles. The molecule has 1 unspecified atom stereocenters. The van der Waals surface area contributed by atoms with E-state index in [1.807, 2.05) is 19.1 Å². The number of amides is 1. The molecule has 0 saturated heterocycles. The molecule has 0 bridgehead atoms. The van der Waals surface area contributed by atoms with Crippen molar-refractivity contribution in [2.75, 3.05) is 6.61 Å². The number of pyridine rings is 1. The van der Waals surface area contributed by atoms with Crippen LogP contribution in [0.5, 0.6) is 0 Å². The predicted molar refractivity (Wildman–Crippen MR) is 131 cm³/mol. The summed E-state index contributed by atoms with van der Waals surface area (Å²) in [5, 5.41) is 33.1. The predicted octanol–water partition coefficient (Wildman–Crippen LogP) is 3.49. The molecular formula is C25H21ClN6O3. The number of aliphatic imine (C=N–C) groups is 1. The number of hydrogen-bond acceptors (Lipinski definition) is 7. The van der Waals surface area contributed by atoms with Gasteiger partial charge in [0.15, 0.2) is 5.65 Å². The molecule has 0 spiro atoms. The Morgan fingerprint density at radius 2 is 2.06 bits per heavy atom. The van der Waals surface area contributed by atoms with Gasteiger partial charge in [0, 0.05) is 29.6 Å². The van der Waals surface area contributed by atoms with Gasteiger partial charge in [0.2, 0.25) is 0 Å². The second-order valence-electron chi connectivity index (χ2n) is 8.01. The topological polar surface area (TPSA) is 137 Å². The maximum atomic E-state index is 12.7. The van der Waals surface area contributed by atoms with E-state index in [0.29, 0.717) is 44.4 Å². The van der Waals surface area contributed by atoms with Crippen LogP contribution in [0.15, 0.2) is 53.7 Å². The molecule has 3 heterocycles. The van der Waals surface area contributed by atoms with Crippen molar-refractivity contribution in [3.8, 4) is 28.5 Å². The molecule has 35 heavy (non-hydrogen) atoms. The van der Waals surface area contributed by atoms with E-state index in [1.54, 1.807) is 41.9 Å². The summed E-state index contributed by atoms with van der Waals surface area (Å²) in [6.45, 7) is 3.02. The van der Waals surface area contributed by atoms with Crippen LogP contribution in [0.4, 0.5) is 0 Å². The van der Waals surface area contributed by atoms with Crippen LogP contribution in [0.3, 0.4) is 0 Å². The third-order valence-corrected chi connectivity index (χ3v) is 5.59. The first-order valence-corrected chi connectivity index (χ1v) is 11.1. The number of nitrogens with zero attached hydrogens (tertiary/aromatic N) is 6. The highest BCUT2D eigenvalue weighted by molar-refractivity contribution is 6.29. The second-order valence-corrected chi connectivity index (χ2v) is 8.40. The highest BCUT2D eigenvalue weighted by atomic mass is 35.5. The average molecular weight is 489 g/mol. The van der Waals surface area contributed by atoms with Crippen LogP contribution in [-0.2, 0) is 0 Å². The van der Waals surface area contributed by atoms with Crippen molar-refractivity contribution in [2.24, 2.45) is 10.9 Å². The van der Waals surface area contributed by atoms with Crippen LogP contribution in [0.25, 0.3) is 28.0 Å². The molecule has 4 aromatic rings. The van der Waals surface area contributed by atoms with Gasteiger partial charge >= 0.3 is 0 Å². The molecule has 0 saturated carbocycles. The first-order valence-electron chi connectivity index (χ1n) is 10.7. The smallest absolute Gasteiger partial charge is 0.295 e. The molecule has 0 aliphatic carbocycles. The highest BCUT2D eigenvalue weighted by Crippen LogP contribution is 2.36. The Bertz CT molecular complexity index is 1470. The Morgan fingerprint density at radius 3 is 2.77 bits per heavy atom. The van der Waals surface area contributed by atoms with Gasteiger partial charge in [-0.15, -0.1) is 0 Å². The van der Waals surface area contributed by atoms with Gasteiger partial charge in [-0.05, 0) is 42.8 Å². The number of halogens is 1. The normalized spacial score (nSPS) is 13.1. The quantitative estimate of drug-likeness (QED) is 0.313. The Balaban J connectivity index is 1.89. The number of aromatic nitrogens is 4. The summed E-state index contributed by atoms with van der Waals surface area (Å²) in [6.07, 6.45) is 1.88. The van der Waals surface area contributed by atoms with E-state index in [4.69, 9.17) is 16.7 Å². The maximum absolute atomic E-state index is 12.7. The van der Waals surface area contributed by atoms with Gasteiger partial charge in [0.25, 0.3) is 5.91 Å². The second kappa shape index (κ2) is 10.1. The van der Waals surface area contributed by atoms with Gasteiger partial charge < -0.3 is 10.2 Å². The number of aliphatic hydroxyl groups excluding tert-OH is 2. The van der Waals surface area contributed by atoms with E-state index in [9.17, 15) is 15.2 Å². The minimum absolute atomic E-state index is 0.0785. The molecule has 0 fully saturated rings. The first-order chi connectivity index (χ1) is 16.8. The van der Waals surface area contributed by atoms with Crippen LogP contribution in [0.2, 0.25) is 5.15 Å². The first kappa shape index (κ1) is 24.2. The molecule has 176 valence electrons. The lowest BCUT2D eigenvalue weighted by molar-refractivity contribution is 0.0750. The maximum Gasteiger partial charge on any atom is 0.295 e. The Labute approximate surface area is 206 Å². The van der Waals surface area contributed by atoms with E-state index in [2.05, 4.69) is 26.1 Å². The van der Waals surface area contributed by atoms with Crippen molar-refractivity contribution in [3.63, 3.8) is 0 Å². The Hall–Kier alpha value is -3.97. The summed E-state index contributed by atoms with van der Waals surface area (Å²) in [5.74, 6) is -1.12. The lowest BCUT2D eigenvalue weighted by Gasteiger charge is -2.10. The summed E-state index contributed by atoms with van der Waals surface area (Å²) in [6, 6.07) is 14.2. The zero-order valence-electron chi connectivity index (χ0n) is 18.9. The van der Waals surface area contributed by atoms with E-state index >= 15 is 0 Å². The van der Waals surface area contributed by atoms with Crippen molar-refractivity contribution < 1.29 is 15.0 Å². The molecule has 2 atom stereocenters. The number of nitriles is 1. The average Bonchev–Trinajstić information content (AvgIpc) is 3.24. The van der Waals surface area contributed by atoms with Crippen LogP contribution in [-0.4, -0.2) is 54.6 Å². The van der Waals surface area contributed by atoms with Crippen LogP contribution in [0.1, 0.15) is 28.7 Å². The minimum Gasteiger partial charge on any atom is -0.394 e. The highest BCUT2D eigenvalue weighted by Gasteiger charge is 2.21. The van der Waals surface area contributed by atoms with E-state index in [1.165, 1.54) is 12.3 Å². The Kier molecular flexibility index (Phi) is 6.98. The molecule has 9 nitrogen and oxygen atoms in total. The van der Waals surface area contributed by atoms with Gasteiger partial charge in [-0.1, -0.05) is 30.7 Å². The molecule has 3 aromatic heterocycles. The molecular weight excluding hydrogens is 468 g/mol. The van der Waals surface area contributed by atoms with Crippen LogP contribution >= 0.6 is 11.6 Å². The standard InChI is InChI=1S/C25H21ClN6O3/c1-14(20(34)13-33)12-28-25(35)19-6-7-32-24(30-19)22(18-8-15(2)29-21(26)10-18)23(31-32)17-5-3-4-16(9-17)11-27/h3-10,12,14,20,33-34H,13H2,1-2H3/t14?,20-/m1/s1. The molecule has 0 aliphatic heterocycles. The molecule has 1 amide bonds. The summed E-state index contributed by atoms with van der Waals surface area (Å²) < 4.78 is 1.55. The lowest BCUT2D eigenvalue weighted by Crippen LogP contribution is -2.23. The van der Waals surface area contributed by atoms with Gasteiger partial charge in [-0.2, -0.15) is 10.4 Å². The SMILES string of the molecule is Cc1cc(-c2c(-c3cccc(C#N)c3)nn3ccc(C(=O)N=CC(C)[C@H](O)CO)nc23)cc(Cl)n1. The van der Waals surface area contributed by atoms with Gasteiger partial charge in [-0.25, -0.2) is 19.5 Å². The van der Waals surface area contributed by atoms with Gasteiger partial charge in [0.1, 0.15) is 16.5 Å². The van der Waals surface area contributed by atoms with Crippen LogP contribution < -0.4 is 0 Å². The number of carbonyl (C=O) groups excluding carboxylic acids is 1. The van der Waals surface area contributed by atoms with Gasteiger partial charge in [0.05, 0.1) is 29.9 Å². The number of fused-ring (bicyclic) bond motifs is 1. The fraction of sp³-hybridized carbons (Fsp3) is 0.200. The van der Waals surface area contributed by atoms with Crippen molar-refractivity contribution in [1.82, 2.24) is 19.6 Å². The summed E-state index contributed by atoms with van der Waals surface area (Å²) >= 11 is 6.24. The van der Waals surface area contributed by atoms with E-state index in [-0.39, 0.29) is 5.69 Å². The zero-order chi connectivity index (χ0) is 25.1. The third kappa shape index (κ3) is 5.10. The van der Waals surface area contributed by atoms with Crippen LogP contribution in [0, 0.1) is 24.2 Å². The molecule has 0 aliphatic rings. The van der Waals surface area contributed by atoms with Crippen molar-refractivity contribution >= 4 is 29.4 Å². The number of rotatable bonds is 6. The van der Waals surface area contributed by atoms with Crippen molar-refractivity contribution in [1.29, 1.82) is 5.26 Å². The molecule has 10 heteroatoms. The molecule has 0 radical (unpaired) electrons. The molecule has 4 rings (SSSR count). The Morgan fingerprint density at radius 1 is 1.26 bits per heavy atom. The fourth-order valence-electron chi connectivity index (χ4n) is 3.54. The third-order valence-electron chi connectivity index (χ3n) is 5.40. The largest absolute Gasteiger partial charge is 0.394 e. The number of hydrogen-bond donors (Lipinski definition) is 2. The van der Waals surface area contributed by atoms with Gasteiger partial charge in [-0.3, -0.25) is 4.79 Å². The summed E-state index contributed by atoms with van der Waals surface area (Å²) in [7, 11) is 0. The lowest BCUT2D eigenvalue weighted by atomic mass is 10.00. The number of aryl methyl sites for hydroxylation is 1.